The molecule has 0 amide bonds. The Balaban J connectivity index is 2.76. The van der Waals surface area contributed by atoms with Crippen molar-refractivity contribution < 1.29 is 0 Å². The van der Waals surface area contributed by atoms with E-state index in [9.17, 15) is 0 Å². The van der Waals surface area contributed by atoms with Gasteiger partial charge in [-0.3, -0.25) is 0 Å². The van der Waals surface area contributed by atoms with Crippen molar-refractivity contribution in [3.05, 3.63) is 35.4 Å². The van der Waals surface area contributed by atoms with Crippen LogP contribution in [0.3, 0.4) is 0 Å². The fourth-order valence-corrected chi connectivity index (χ4v) is 2.69. The maximum Gasteiger partial charge on any atom is 0.00504 e. The average Bonchev–Trinajstić information content (AvgIpc) is 2.45. The molecule has 0 radical (unpaired) electrons. The van der Waals surface area contributed by atoms with Gasteiger partial charge in [-0.25, -0.2) is 0 Å². The zero-order chi connectivity index (χ0) is 15.2. The predicted octanol–water partition coefficient (Wildman–Crippen LogP) is 3.66. The van der Waals surface area contributed by atoms with E-state index in [2.05, 4.69) is 63.8 Å². The smallest absolute Gasteiger partial charge is 0.00504 e. The second-order valence-electron chi connectivity index (χ2n) is 6.55. The molecule has 1 rings (SSSR count). The third-order valence-electron chi connectivity index (χ3n) is 4.27. The van der Waals surface area contributed by atoms with Crippen LogP contribution >= 0.6 is 0 Å². The topological polar surface area (TPSA) is 29.3 Å². The Kier molecular flexibility index (Phi) is 6.70. The Morgan fingerprint density at radius 2 is 1.65 bits per heavy atom. The largest absolute Gasteiger partial charge is 0.330 e. The predicted molar refractivity (Wildman–Crippen MR) is 89.2 cm³/mol. The normalized spacial score (nSPS) is 14.8. The first-order chi connectivity index (χ1) is 9.44. The third-order valence-corrected chi connectivity index (χ3v) is 4.27. The highest BCUT2D eigenvalue weighted by molar-refractivity contribution is 5.25. The minimum absolute atomic E-state index is 0.158. The number of nitrogens with zero attached hydrogens (tertiary/aromatic N) is 1. The van der Waals surface area contributed by atoms with E-state index in [1.807, 2.05) is 0 Å². The van der Waals surface area contributed by atoms with E-state index in [0.29, 0.717) is 5.92 Å². The zero-order valence-corrected chi connectivity index (χ0v) is 13.9. The van der Waals surface area contributed by atoms with Gasteiger partial charge >= 0.3 is 0 Å². The summed E-state index contributed by atoms with van der Waals surface area (Å²) in [5.41, 5.74) is 9.03. The molecule has 2 nitrogen and oxygen atoms in total. The molecular formula is C18H32N2. The van der Waals surface area contributed by atoms with Crippen molar-refractivity contribution in [2.24, 2.45) is 11.1 Å². The molecule has 2 N–H and O–H groups in total. The zero-order valence-electron chi connectivity index (χ0n) is 13.9. The van der Waals surface area contributed by atoms with Crippen LogP contribution in [0.2, 0.25) is 0 Å². The lowest BCUT2D eigenvalue weighted by Crippen LogP contribution is -2.42. The fraction of sp³-hybridized carbons (Fsp3) is 0.667. The van der Waals surface area contributed by atoms with Crippen LogP contribution in [0.15, 0.2) is 24.3 Å². The molecule has 0 bridgehead atoms. The van der Waals surface area contributed by atoms with Crippen molar-refractivity contribution >= 4 is 0 Å². The highest BCUT2D eigenvalue weighted by atomic mass is 15.1. The molecule has 1 aromatic carbocycles. The van der Waals surface area contributed by atoms with E-state index in [1.54, 1.807) is 0 Å². The number of nitrogens with two attached hydrogens (primary N) is 1. The van der Waals surface area contributed by atoms with Crippen molar-refractivity contribution in [3.8, 4) is 0 Å². The van der Waals surface area contributed by atoms with Crippen molar-refractivity contribution in [2.75, 3.05) is 26.2 Å². The molecule has 114 valence electrons. The van der Waals surface area contributed by atoms with Gasteiger partial charge in [0.25, 0.3) is 0 Å². The molecular weight excluding hydrogens is 244 g/mol. The lowest BCUT2D eigenvalue weighted by molar-refractivity contribution is 0.181. The van der Waals surface area contributed by atoms with Gasteiger partial charge in [0.15, 0.2) is 0 Å². The van der Waals surface area contributed by atoms with Gasteiger partial charge in [0.1, 0.15) is 0 Å². The van der Waals surface area contributed by atoms with Crippen molar-refractivity contribution in [2.45, 2.75) is 47.0 Å². The molecule has 1 unspecified atom stereocenters. The molecule has 0 aliphatic heterocycles. The van der Waals surface area contributed by atoms with Crippen molar-refractivity contribution in [1.29, 1.82) is 0 Å². The summed E-state index contributed by atoms with van der Waals surface area (Å²) in [7, 11) is 0. The van der Waals surface area contributed by atoms with E-state index in [1.165, 1.54) is 11.1 Å². The Hall–Kier alpha value is -0.860. The summed E-state index contributed by atoms with van der Waals surface area (Å²) in [5.74, 6) is 0.598. The lowest BCUT2D eigenvalue weighted by Gasteiger charge is -2.34. The van der Waals surface area contributed by atoms with Gasteiger partial charge in [0, 0.05) is 6.54 Å². The molecule has 0 aliphatic carbocycles. The maximum absolute atomic E-state index is 6.06. The van der Waals surface area contributed by atoms with Crippen molar-refractivity contribution in [3.63, 3.8) is 0 Å². The summed E-state index contributed by atoms with van der Waals surface area (Å²) < 4.78 is 0. The summed E-state index contributed by atoms with van der Waals surface area (Å²) in [4.78, 5) is 2.47. The molecule has 0 aromatic heterocycles. The molecule has 1 atom stereocenters. The standard InChI is InChI=1S/C18H32N2/c1-6-20(7-2)14-18(5,13-19)12-16-8-10-17(11-9-16)15(3)4/h8-11,15H,6-7,12-14,19H2,1-5H3. The molecule has 20 heavy (non-hydrogen) atoms. The quantitative estimate of drug-likeness (QED) is 0.785. The summed E-state index contributed by atoms with van der Waals surface area (Å²) in [5, 5.41) is 0. The van der Waals surface area contributed by atoms with Crippen LogP contribution in [-0.2, 0) is 6.42 Å². The highest BCUT2D eigenvalue weighted by Gasteiger charge is 2.25. The van der Waals surface area contributed by atoms with E-state index < -0.39 is 0 Å². The van der Waals surface area contributed by atoms with Gasteiger partial charge in [-0.05, 0) is 48.5 Å². The van der Waals surface area contributed by atoms with Crippen molar-refractivity contribution in [1.82, 2.24) is 4.90 Å². The first kappa shape index (κ1) is 17.2. The molecule has 0 fully saturated rings. The average molecular weight is 276 g/mol. The summed E-state index contributed by atoms with van der Waals surface area (Å²) in [6, 6.07) is 9.06. The second kappa shape index (κ2) is 7.80. The minimum Gasteiger partial charge on any atom is -0.330 e. The second-order valence-corrected chi connectivity index (χ2v) is 6.55. The Morgan fingerprint density at radius 1 is 1.10 bits per heavy atom. The molecule has 1 aromatic rings. The van der Waals surface area contributed by atoms with E-state index in [0.717, 1.165) is 32.6 Å². The van der Waals surface area contributed by atoms with Gasteiger partial charge < -0.3 is 10.6 Å². The van der Waals surface area contributed by atoms with E-state index in [4.69, 9.17) is 5.73 Å². The Bertz CT molecular complexity index is 379. The van der Waals surface area contributed by atoms with Gasteiger partial charge in [0.05, 0.1) is 0 Å². The van der Waals surface area contributed by atoms with Crippen LogP contribution in [0, 0.1) is 5.41 Å². The summed E-state index contributed by atoms with van der Waals surface area (Å²) in [6.07, 6.45) is 1.05. The minimum atomic E-state index is 0.158. The number of rotatable bonds is 8. The molecule has 0 heterocycles. The SMILES string of the molecule is CCN(CC)CC(C)(CN)Cc1ccc(C(C)C)cc1. The molecule has 2 heteroatoms. The molecule has 0 saturated carbocycles. The number of hydrogen-bond acceptors (Lipinski definition) is 2. The van der Waals surface area contributed by atoms with E-state index >= 15 is 0 Å². The third kappa shape index (κ3) is 4.92. The number of hydrogen-bond donors (Lipinski definition) is 1. The van der Waals surface area contributed by atoms with E-state index in [-0.39, 0.29) is 5.41 Å². The van der Waals surface area contributed by atoms with Crippen LogP contribution < -0.4 is 5.73 Å². The van der Waals surface area contributed by atoms with Gasteiger partial charge in [-0.15, -0.1) is 0 Å². The molecule has 0 spiro atoms. The van der Waals surface area contributed by atoms with Crippen LogP contribution in [0.25, 0.3) is 0 Å². The Morgan fingerprint density at radius 3 is 2.05 bits per heavy atom. The van der Waals surface area contributed by atoms with Crippen LogP contribution in [0.1, 0.15) is 51.7 Å². The lowest BCUT2D eigenvalue weighted by atomic mass is 9.82. The molecule has 0 saturated heterocycles. The highest BCUT2D eigenvalue weighted by Crippen LogP contribution is 2.24. The van der Waals surface area contributed by atoms with Crippen LogP contribution in [0.5, 0.6) is 0 Å². The Labute approximate surface area is 125 Å². The fourth-order valence-electron chi connectivity index (χ4n) is 2.69. The van der Waals surface area contributed by atoms with Crippen LogP contribution in [0.4, 0.5) is 0 Å². The van der Waals surface area contributed by atoms with Gasteiger partial charge in [-0.1, -0.05) is 58.9 Å². The van der Waals surface area contributed by atoms with Gasteiger partial charge in [0.2, 0.25) is 0 Å². The number of benzene rings is 1. The summed E-state index contributed by atoms with van der Waals surface area (Å²) in [6.45, 7) is 15.2. The van der Waals surface area contributed by atoms with Gasteiger partial charge in [-0.2, -0.15) is 0 Å². The maximum atomic E-state index is 6.06. The molecule has 0 aliphatic rings. The van der Waals surface area contributed by atoms with Crippen LogP contribution in [-0.4, -0.2) is 31.1 Å². The monoisotopic (exact) mass is 276 g/mol. The first-order valence-corrected chi connectivity index (χ1v) is 7.95. The summed E-state index contributed by atoms with van der Waals surface area (Å²) >= 11 is 0. The first-order valence-electron chi connectivity index (χ1n) is 7.95.